The van der Waals surface area contributed by atoms with E-state index in [2.05, 4.69) is 13.0 Å². The van der Waals surface area contributed by atoms with E-state index in [0.29, 0.717) is 10.0 Å². The highest BCUT2D eigenvalue weighted by Crippen LogP contribution is 2.38. The van der Waals surface area contributed by atoms with E-state index in [0.717, 1.165) is 33.2 Å². The number of hydrogen-bond acceptors (Lipinski definition) is 2. The monoisotopic (exact) mass is 359 g/mol. The summed E-state index contributed by atoms with van der Waals surface area (Å²) in [5.41, 5.74) is 7.23. The van der Waals surface area contributed by atoms with Gasteiger partial charge in [-0.15, -0.1) is 0 Å². The van der Waals surface area contributed by atoms with Crippen molar-refractivity contribution in [1.82, 2.24) is 0 Å². The van der Waals surface area contributed by atoms with Crippen LogP contribution in [0.1, 0.15) is 18.9 Å². The predicted molar refractivity (Wildman–Crippen MR) is 94.0 cm³/mol. The fourth-order valence-corrected chi connectivity index (χ4v) is 3.58. The summed E-state index contributed by atoms with van der Waals surface area (Å²) in [4.78, 5) is 2.03. The molecule has 0 fully saturated rings. The molecule has 2 aromatic carbocycles. The van der Waals surface area contributed by atoms with Crippen molar-refractivity contribution >= 4 is 46.6 Å². The van der Waals surface area contributed by atoms with E-state index in [1.54, 1.807) is 17.8 Å². The van der Waals surface area contributed by atoms with Crippen molar-refractivity contribution < 1.29 is 0 Å². The van der Waals surface area contributed by atoms with Crippen molar-refractivity contribution in [3.63, 3.8) is 0 Å². The second-order valence-electron chi connectivity index (χ2n) is 4.78. The summed E-state index contributed by atoms with van der Waals surface area (Å²) in [6.07, 6.45) is 1.74. The quantitative estimate of drug-likeness (QED) is 0.699. The van der Waals surface area contributed by atoms with Crippen molar-refractivity contribution in [3.05, 3.63) is 57.0 Å². The van der Waals surface area contributed by atoms with Crippen LogP contribution in [-0.2, 0) is 6.42 Å². The first-order valence-corrected chi connectivity index (χ1v) is 8.62. The van der Waals surface area contributed by atoms with E-state index < -0.39 is 0 Å². The summed E-state index contributed by atoms with van der Waals surface area (Å²) in [6, 6.07) is 11.6. The molecule has 0 aliphatic carbocycles. The number of halogens is 3. The van der Waals surface area contributed by atoms with Crippen molar-refractivity contribution in [2.75, 3.05) is 0 Å². The lowest BCUT2D eigenvalue weighted by Crippen LogP contribution is -2.21. The van der Waals surface area contributed by atoms with Crippen LogP contribution in [0.2, 0.25) is 15.1 Å². The second kappa shape index (κ2) is 7.75. The van der Waals surface area contributed by atoms with Crippen LogP contribution in [0.25, 0.3) is 0 Å². The minimum Gasteiger partial charge on any atom is -0.327 e. The third-order valence-electron chi connectivity index (χ3n) is 3.17. The van der Waals surface area contributed by atoms with Gasteiger partial charge < -0.3 is 5.73 Å². The van der Waals surface area contributed by atoms with Crippen LogP contribution in [0.5, 0.6) is 0 Å². The van der Waals surface area contributed by atoms with E-state index in [4.69, 9.17) is 40.5 Å². The van der Waals surface area contributed by atoms with Gasteiger partial charge in [0.2, 0.25) is 0 Å². The fraction of sp³-hybridized carbons (Fsp3) is 0.250. The molecule has 2 rings (SSSR count). The van der Waals surface area contributed by atoms with Gasteiger partial charge in [0.25, 0.3) is 0 Å². The molecule has 0 aliphatic heterocycles. The van der Waals surface area contributed by atoms with Gasteiger partial charge in [-0.25, -0.2) is 0 Å². The second-order valence-corrected chi connectivity index (χ2v) is 7.08. The smallest absolute Gasteiger partial charge is 0.0603 e. The molecule has 112 valence electrons. The molecule has 0 heterocycles. The SMILES string of the molecule is CCC(N)Cc1cccc(Cl)c1Sc1ccc(Cl)c(Cl)c1. The van der Waals surface area contributed by atoms with Gasteiger partial charge in [-0.1, -0.05) is 65.6 Å². The molecule has 21 heavy (non-hydrogen) atoms. The van der Waals surface area contributed by atoms with Gasteiger partial charge in [0.05, 0.1) is 15.1 Å². The largest absolute Gasteiger partial charge is 0.327 e. The lowest BCUT2D eigenvalue weighted by atomic mass is 10.0. The van der Waals surface area contributed by atoms with E-state index in [-0.39, 0.29) is 6.04 Å². The highest BCUT2D eigenvalue weighted by molar-refractivity contribution is 7.99. The molecule has 5 heteroatoms. The molecule has 1 nitrogen and oxygen atoms in total. The molecule has 0 spiro atoms. The van der Waals surface area contributed by atoms with Gasteiger partial charge in [-0.05, 0) is 42.7 Å². The van der Waals surface area contributed by atoms with Gasteiger partial charge in [0.15, 0.2) is 0 Å². The fourth-order valence-electron chi connectivity index (χ4n) is 1.91. The van der Waals surface area contributed by atoms with E-state index in [1.807, 2.05) is 24.3 Å². The molecule has 0 amide bonds. The Balaban J connectivity index is 2.31. The third kappa shape index (κ3) is 4.54. The Hall–Kier alpha value is -0.380. The van der Waals surface area contributed by atoms with E-state index >= 15 is 0 Å². The Kier molecular flexibility index (Phi) is 6.27. The van der Waals surface area contributed by atoms with Crippen LogP contribution in [-0.4, -0.2) is 6.04 Å². The van der Waals surface area contributed by atoms with Crippen molar-refractivity contribution in [1.29, 1.82) is 0 Å². The summed E-state index contributed by atoms with van der Waals surface area (Å²) in [5.74, 6) is 0. The Morgan fingerprint density at radius 3 is 2.48 bits per heavy atom. The van der Waals surface area contributed by atoms with Crippen molar-refractivity contribution in [3.8, 4) is 0 Å². The first kappa shape index (κ1) is 17.0. The Morgan fingerprint density at radius 2 is 1.81 bits per heavy atom. The van der Waals surface area contributed by atoms with Gasteiger partial charge >= 0.3 is 0 Å². The Morgan fingerprint density at radius 1 is 1.05 bits per heavy atom. The van der Waals surface area contributed by atoms with Crippen molar-refractivity contribution in [2.24, 2.45) is 5.73 Å². The Bertz CT molecular complexity index is 631. The molecule has 0 aromatic heterocycles. The summed E-state index contributed by atoms with van der Waals surface area (Å²) in [7, 11) is 0. The first-order valence-electron chi connectivity index (χ1n) is 6.67. The molecule has 0 radical (unpaired) electrons. The number of hydrogen-bond donors (Lipinski definition) is 1. The lowest BCUT2D eigenvalue weighted by molar-refractivity contribution is 0.641. The molecule has 0 saturated carbocycles. The summed E-state index contributed by atoms with van der Waals surface area (Å²) >= 11 is 20.0. The van der Waals surface area contributed by atoms with Gasteiger partial charge in [-0.2, -0.15) is 0 Å². The molecule has 2 aromatic rings. The summed E-state index contributed by atoms with van der Waals surface area (Å²) in [5, 5.41) is 1.82. The van der Waals surface area contributed by atoms with Gasteiger partial charge in [-0.3, -0.25) is 0 Å². The van der Waals surface area contributed by atoms with Gasteiger partial charge in [0, 0.05) is 15.8 Å². The molecule has 1 unspecified atom stereocenters. The lowest BCUT2D eigenvalue weighted by Gasteiger charge is -2.14. The van der Waals surface area contributed by atoms with Crippen LogP contribution in [0.15, 0.2) is 46.2 Å². The highest BCUT2D eigenvalue weighted by Gasteiger charge is 2.12. The third-order valence-corrected chi connectivity index (χ3v) is 5.51. The average Bonchev–Trinajstić information content (AvgIpc) is 2.46. The zero-order valence-electron chi connectivity index (χ0n) is 11.6. The van der Waals surface area contributed by atoms with Crippen LogP contribution in [0.3, 0.4) is 0 Å². The molecule has 0 aliphatic rings. The van der Waals surface area contributed by atoms with Crippen LogP contribution < -0.4 is 5.73 Å². The zero-order valence-corrected chi connectivity index (χ0v) is 14.7. The number of benzene rings is 2. The maximum atomic E-state index is 6.36. The predicted octanol–water partition coefficient (Wildman–Crippen LogP) is 6.08. The normalized spacial score (nSPS) is 12.4. The maximum absolute atomic E-state index is 6.36. The first-order chi connectivity index (χ1) is 10.0. The van der Waals surface area contributed by atoms with Crippen LogP contribution >= 0.6 is 46.6 Å². The average molecular weight is 361 g/mol. The zero-order chi connectivity index (χ0) is 15.4. The molecular weight excluding hydrogens is 345 g/mol. The molecule has 1 atom stereocenters. The van der Waals surface area contributed by atoms with Crippen LogP contribution in [0, 0.1) is 0 Å². The molecule has 0 bridgehead atoms. The van der Waals surface area contributed by atoms with Gasteiger partial charge in [0.1, 0.15) is 0 Å². The number of rotatable bonds is 5. The molecule has 0 saturated heterocycles. The topological polar surface area (TPSA) is 26.0 Å². The summed E-state index contributed by atoms with van der Waals surface area (Å²) < 4.78 is 0. The Labute approximate surface area is 144 Å². The van der Waals surface area contributed by atoms with E-state index in [1.165, 1.54) is 0 Å². The molecular formula is C16H16Cl3NS. The summed E-state index contributed by atoms with van der Waals surface area (Å²) in [6.45, 7) is 2.08. The number of nitrogens with two attached hydrogens (primary N) is 1. The standard InChI is InChI=1S/C16H16Cl3NS/c1-2-11(20)8-10-4-3-5-14(18)16(10)21-12-6-7-13(17)15(19)9-12/h3-7,9,11H,2,8,20H2,1H3. The molecule has 2 N–H and O–H groups in total. The highest BCUT2D eigenvalue weighted by atomic mass is 35.5. The van der Waals surface area contributed by atoms with Crippen molar-refractivity contribution in [2.45, 2.75) is 35.6 Å². The minimum absolute atomic E-state index is 0.136. The maximum Gasteiger partial charge on any atom is 0.0603 e. The van der Waals surface area contributed by atoms with Crippen LogP contribution in [0.4, 0.5) is 0 Å². The van der Waals surface area contributed by atoms with E-state index in [9.17, 15) is 0 Å². The minimum atomic E-state index is 0.136.